The smallest absolute Gasteiger partial charge is 0.416 e. The van der Waals surface area contributed by atoms with E-state index in [0.717, 1.165) is 17.2 Å². The second kappa shape index (κ2) is 17.1. The number of aliphatic imine (C=N–C) groups is 1. The monoisotopic (exact) mass is 734 g/mol. The van der Waals surface area contributed by atoms with Crippen molar-refractivity contribution >= 4 is 11.8 Å². The Kier molecular flexibility index (Phi) is 11.9. The van der Waals surface area contributed by atoms with Crippen LogP contribution in [0.5, 0.6) is 5.75 Å². The Morgan fingerprint density at radius 3 is 2.17 bits per heavy atom. The standard InChI is InChI=1S/C41H37F3N6O4/c42-41(43,44)36-14-7-6-13-34(36)27-46-49-39(52)40(25-32-11-4-5-12-33(32)26-47-50-45)37(30-17-15-29(16-18-30)28-9-2-1-3-10-28)54-38(48-40)31-19-21-35(22-20-31)53-24-8-23-51/h1-7,9-22,37,46,51H,8,23-27H2,(H,49,52)/t37-,40-/m0/s1. The lowest BCUT2D eigenvalue weighted by atomic mass is 9.80. The predicted octanol–water partition coefficient (Wildman–Crippen LogP) is 8.26. The molecule has 54 heavy (non-hydrogen) atoms. The SMILES string of the molecule is [N-]=[N+]=NCc1ccccc1C[C@]1(C(=O)NNCc2ccccc2C(F)(F)F)N=C(c2ccc(OCCCO)cc2)O[C@H]1c1ccc(-c2ccccc2)cc1. The normalized spacial score (nSPS) is 16.5. The summed E-state index contributed by atoms with van der Waals surface area (Å²) in [5.74, 6) is 0.0824. The number of hydrogen-bond acceptors (Lipinski definition) is 7. The number of hydrogen-bond donors (Lipinski definition) is 3. The van der Waals surface area contributed by atoms with Crippen LogP contribution in [0.25, 0.3) is 21.6 Å². The van der Waals surface area contributed by atoms with Crippen LogP contribution in [0.15, 0.2) is 138 Å². The van der Waals surface area contributed by atoms with Crippen molar-refractivity contribution in [1.29, 1.82) is 0 Å². The molecular weight excluding hydrogens is 697 g/mol. The van der Waals surface area contributed by atoms with E-state index >= 15 is 0 Å². The van der Waals surface area contributed by atoms with E-state index in [9.17, 15) is 18.0 Å². The average Bonchev–Trinajstić information content (AvgIpc) is 3.58. The van der Waals surface area contributed by atoms with Gasteiger partial charge >= 0.3 is 6.18 Å². The van der Waals surface area contributed by atoms with Crippen LogP contribution in [-0.2, 0) is 35.2 Å². The zero-order valence-electron chi connectivity index (χ0n) is 29.0. The topological polar surface area (TPSA) is 141 Å². The Bertz CT molecular complexity index is 2120. The minimum atomic E-state index is -4.59. The van der Waals surface area contributed by atoms with E-state index in [1.807, 2.05) is 60.7 Å². The van der Waals surface area contributed by atoms with Crippen molar-refractivity contribution in [3.63, 3.8) is 0 Å². The van der Waals surface area contributed by atoms with Gasteiger partial charge in [0.1, 0.15) is 5.75 Å². The maximum absolute atomic E-state index is 14.7. The minimum absolute atomic E-state index is 0.00369. The molecule has 0 saturated carbocycles. The summed E-state index contributed by atoms with van der Waals surface area (Å²) in [7, 11) is 0. The highest BCUT2D eigenvalue weighted by Gasteiger charge is 2.53. The van der Waals surface area contributed by atoms with Crippen LogP contribution in [0.4, 0.5) is 13.2 Å². The summed E-state index contributed by atoms with van der Waals surface area (Å²) in [4.78, 5) is 22.6. The number of halogens is 3. The molecule has 0 aromatic heterocycles. The maximum atomic E-state index is 14.7. The number of nitrogens with zero attached hydrogens (tertiary/aromatic N) is 4. The van der Waals surface area contributed by atoms with Gasteiger partial charge in [-0.2, -0.15) is 13.2 Å². The summed E-state index contributed by atoms with van der Waals surface area (Å²) in [6.07, 6.45) is -5.15. The molecule has 13 heteroatoms. The van der Waals surface area contributed by atoms with Gasteiger partial charge in [0.25, 0.3) is 5.91 Å². The molecule has 276 valence electrons. The Morgan fingerprint density at radius 1 is 0.852 bits per heavy atom. The highest BCUT2D eigenvalue weighted by molar-refractivity contribution is 6.01. The van der Waals surface area contributed by atoms with Crippen molar-refractivity contribution in [3.8, 4) is 16.9 Å². The molecule has 5 aromatic rings. The number of carbonyl (C=O) groups excluding carboxylic acids is 1. The molecule has 0 bridgehead atoms. The third-order valence-electron chi connectivity index (χ3n) is 9.04. The molecule has 1 aliphatic rings. The second-order valence-corrected chi connectivity index (χ2v) is 12.6. The Hall–Kier alpha value is -6.14. The van der Waals surface area contributed by atoms with E-state index in [1.165, 1.54) is 18.2 Å². The number of hydrazine groups is 1. The number of ether oxygens (including phenoxy) is 2. The van der Waals surface area contributed by atoms with Crippen LogP contribution in [0.3, 0.4) is 0 Å². The van der Waals surface area contributed by atoms with Crippen LogP contribution in [-0.4, -0.2) is 35.7 Å². The first kappa shape index (κ1) is 37.6. The van der Waals surface area contributed by atoms with Crippen molar-refractivity contribution in [2.75, 3.05) is 13.2 Å². The number of benzene rings is 5. The molecule has 1 amide bonds. The van der Waals surface area contributed by atoms with Gasteiger partial charge in [0.15, 0.2) is 11.6 Å². The molecule has 10 nitrogen and oxygen atoms in total. The van der Waals surface area contributed by atoms with Gasteiger partial charge in [0.05, 0.1) is 18.7 Å². The predicted molar refractivity (Wildman–Crippen MR) is 198 cm³/mol. The molecule has 5 aromatic carbocycles. The number of aliphatic hydroxyl groups excluding tert-OH is 1. The molecule has 3 N–H and O–H groups in total. The van der Waals surface area contributed by atoms with Gasteiger partial charge in [-0.1, -0.05) is 102 Å². The molecule has 1 aliphatic heterocycles. The lowest BCUT2D eigenvalue weighted by Gasteiger charge is -2.31. The van der Waals surface area contributed by atoms with Crippen molar-refractivity contribution in [2.24, 2.45) is 10.1 Å². The largest absolute Gasteiger partial charge is 0.494 e. The van der Waals surface area contributed by atoms with Crippen LogP contribution < -0.4 is 15.6 Å². The lowest BCUT2D eigenvalue weighted by molar-refractivity contribution is -0.138. The molecule has 0 aliphatic carbocycles. The molecule has 0 saturated heterocycles. The minimum Gasteiger partial charge on any atom is -0.494 e. The number of alkyl halides is 3. The first-order chi connectivity index (χ1) is 26.2. The van der Waals surface area contributed by atoms with E-state index < -0.39 is 29.3 Å². The quantitative estimate of drug-likeness (QED) is 0.0327. The summed E-state index contributed by atoms with van der Waals surface area (Å²) >= 11 is 0. The third kappa shape index (κ3) is 8.72. The summed E-state index contributed by atoms with van der Waals surface area (Å²) in [5, 5.41) is 12.9. The van der Waals surface area contributed by atoms with Crippen molar-refractivity contribution in [3.05, 3.63) is 171 Å². The number of nitrogens with one attached hydrogen (secondary N) is 2. The fourth-order valence-corrected chi connectivity index (χ4v) is 6.32. The van der Waals surface area contributed by atoms with E-state index in [2.05, 4.69) is 20.9 Å². The highest BCUT2D eigenvalue weighted by Crippen LogP contribution is 2.43. The maximum Gasteiger partial charge on any atom is 0.416 e. The molecule has 0 spiro atoms. The summed E-state index contributed by atoms with van der Waals surface area (Å²) < 4.78 is 53.7. The fraction of sp³-hybridized carbons (Fsp3) is 0.220. The van der Waals surface area contributed by atoms with Crippen LogP contribution in [0, 0.1) is 0 Å². The molecule has 2 atom stereocenters. The van der Waals surface area contributed by atoms with E-state index in [0.29, 0.717) is 41.0 Å². The summed E-state index contributed by atoms with van der Waals surface area (Å²) in [5.41, 5.74) is 16.3. The Labute approximate surface area is 309 Å². The summed E-state index contributed by atoms with van der Waals surface area (Å²) in [6.45, 7) is 0.0165. The molecule has 6 rings (SSSR count). The van der Waals surface area contributed by atoms with E-state index in [1.54, 1.807) is 42.5 Å². The number of aliphatic hydroxyl groups is 1. The number of amides is 1. The first-order valence-corrected chi connectivity index (χ1v) is 17.2. The number of azide groups is 1. The number of rotatable bonds is 15. The lowest BCUT2D eigenvalue weighted by Crippen LogP contribution is -2.53. The zero-order valence-corrected chi connectivity index (χ0v) is 29.0. The van der Waals surface area contributed by atoms with Gasteiger partial charge in [-0.3, -0.25) is 10.2 Å². The second-order valence-electron chi connectivity index (χ2n) is 12.6. The van der Waals surface area contributed by atoms with Crippen LogP contribution in [0.2, 0.25) is 0 Å². The molecular formula is C41H37F3N6O4. The highest BCUT2D eigenvalue weighted by atomic mass is 19.4. The van der Waals surface area contributed by atoms with Gasteiger partial charge in [0.2, 0.25) is 5.90 Å². The molecule has 1 heterocycles. The third-order valence-corrected chi connectivity index (χ3v) is 9.04. The Balaban J connectivity index is 1.42. The van der Waals surface area contributed by atoms with Crippen LogP contribution >= 0.6 is 0 Å². The Morgan fingerprint density at radius 2 is 1.48 bits per heavy atom. The summed E-state index contributed by atoms with van der Waals surface area (Å²) in [6, 6.07) is 36.7. The first-order valence-electron chi connectivity index (χ1n) is 17.2. The van der Waals surface area contributed by atoms with E-state index in [-0.39, 0.29) is 37.6 Å². The van der Waals surface area contributed by atoms with Gasteiger partial charge in [-0.05, 0) is 69.2 Å². The van der Waals surface area contributed by atoms with Gasteiger partial charge in [-0.25, -0.2) is 10.4 Å². The van der Waals surface area contributed by atoms with Crippen molar-refractivity contribution < 1.29 is 32.5 Å². The average molecular weight is 735 g/mol. The van der Waals surface area contributed by atoms with Crippen LogP contribution in [0.1, 0.15) is 45.9 Å². The zero-order chi connectivity index (χ0) is 38.0. The van der Waals surface area contributed by atoms with Gasteiger partial charge < -0.3 is 14.6 Å². The van der Waals surface area contributed by atoms with Crippen molar-refractivity contribution in [2.45, 2.75) is 43.8 Å². The van der Waals surface area contributed by atoms with E-state index in [4.69, 9.17) is 25.1 Å². The van der Waals surface area contributed by atoms with Crippen molar-refractivity contribution in [1.82, 2.24) is 10.9 Å². The molecule has 0 radical (unpaired) electrons. The van der Waals surface area contributed by atoms with Gasteiger partial charge in [-0.15, -0.1) is 0 Å². The molecule has 0 unspecified atom stereocenters. The molecule has 0 fully saturated rings. The van der Waals surface area contributed by atoms with Gasteiger partial charge in [0, 0.05) is 36.5 Å². The number of carbonyl (C=O) groups is 1. The fourth-order valence-electron chi connectivity index (χ4n) is 6.32.